The lowest BCUT2D eigenvalue weighted by molar-refractivity contribution is -0.272. The number of carbonyl (C=O) groups excluding carboxylic acids is 1. The second-order valence-electron chi connectivity index (χ2n) is 9.56. The van der Waals surface area contributed by atoms with Gasteiger partial charge in [-0.25, -0.2) is 19.7 Å². The summed E-state index contributed by atoms with van der Waals surface area (Å²) in [6, 6.07) is 16.9. The molecule has 8 nitrogen and oxygen atoms in total. The van der Waals surface area contributed by atoms with E-state index < -0.39 is 5.97 Å². The maximum atomic E-state index is 12.8. The zero-order valence-corrected chi connectivity index (χ0v) is 25.3. The lowest BCUT2D eigenvalue weighted by atomic mass is 9.93. The number of hydrogen-bond acceptors (Lipinski definition) is 9. The fourth-order valence-corrected chi connectivity index (χ4v) is 5.81. The van der Waals surface area contributed by atoms with Crippen molar-refractivity contribution in [1.82, 2.24) is 15.0 Å². The van der Waals surface area contributed by atoms with Crippen LogP contribution in [0.4, 0.5) is 0 Å². The molecule has 10 heteroatoms. The van der Waals surface area contributed by atoms with Crippen LogP contribution in [0.3, 0.4) is 0 Å². The third-order valence-corrected chi connectivity index (χ3v) is 8.08. The quantitative estimate of drug-likeness (QED) is 0.0855. The Morgan fingerprint density at radius 2 is 1.71 bits per heavy atom. The molecule has 0 bridgehead atoms. The molecule has 0 fully saturated rings. The maximum Gasteiger partial charge on any atom is 0.346 e. The van der Waals surface area contributed by atoms with Gasteiger partial charge >= 0.3 is 5.97 Å². The summed E-state index contributed by atoms with van der Waals surface area (Å²) < 4.78 is 11.8. The van der Waals surface area contributed by atoms with Crippen LogP contribution in [-0.4, -0.2) is 41.7 Å². The summed E-state index contributed by atoms with van der Waals surface area (Å²) in [5, 5.41) is 1.35. The van der Waals surface area contributed by atoms with Gasteiger partial charge in [0.05, 0.1) is 37.5 Å². The summed E-state index contributed by atoms with van der Waals surface area (Å²) in [5.41, 5.74) is 5.87. The third-order valence-electron chi connectivity index (χ3n) is 6.71. The van der Waals surface area contributed by atoms with Gasteiger partial charge in [-0.2, -0.15) is 4.89 Å². The van der Waals surface area contributed by atoms with E-state index in [1.165, 1.54) is 11.3 Å². The molecule has 5 aromatic rings. The number of aryl methyl sites for hydroxylation is 1. The van der Waals surface area contributed by atoms with E-state index in [9.17, 15) is 4.79 Å². The molecule has 0 N–H and O–H groups in total. The first-order valence-electron chi connectivity index (χ1n) is 13.5. The molecule has 0 spiro atoms. The van der Waals surface area contributed by atoms with Gasteiger partial charge in [-0.1, -0.05) is 37.1 Å². The third kappa shape index (κ3) is 6.38. The van der Waals surface area contributed by atoms with Crippen molar-refractivity contribution in [3.63, 3.8) is 0 Å². The molecule has 3 aromatic carbocycles. The Kier molecular flexibility index (Phi) is 9.31. The van der Waals surface area contributed by atoms with E-state index >= 15 is 0 Å². The largest absolute Gasteiger partial charge is 0.493 e. The van der Waals surface area contributed by atoms with Gasteiger partial charge in [0.2, 0.25) is 0 Å². The highest BCUT2D eigenvalue weighted by Gasteiger charge is 2.21. The number of aromatic nitrogens is 3. The molecule has 0 saturated heterocycles. The fraction of sp³-hybridized carbons (Fsp3) is 0.250. The first kappa shape index (κ1) is 29.4. The van der Waals surface area contributed by atoms with Crippen molar-refractivity contribution < 1.29 is 24.0 Å². The first-order chi connectivity index (χ1) is 20.4. The summed E-state index contributed by atoms with van der Waals surface area (Å²) in [5.74, 6) is 1.30. The zero-order chi connectivity index (χ0) is 29.6. The minimum absolute atomic E-state index is 0.0516. The van der Waals surface area contributed by atoms with Gasteiger partial charge in [-0.05, 0) is 72.5 Å². The number of benzene rings is 3. The number of nitrogens with zero attached hydrogens (tertiary/aromatic N) is 3. The van der Waals surface area contributed by atoms with Crippen molar-refractivity contribution in [2.45, 2.75) is 33.1 Å². The number of fused-ring (bicyclic) bond motifs is 1. The minimum atomic E-state index is -0.455. The molecule has 2 heterocycles. The topological polar surface area (TPSA) is 92.7 Å². The summed E-state index contributed by atoms with van der Waals surface area (Å²) in [4.78, 5) is 37.2. The second-order valence-corrected chi connectivity index (χ2v) is 11.0. The lowest BCUT2D eigenvalue weighted by Gasteiger charge is -2.14. The molecule has 0 saturated carbocycles. The van der Waals surface area contributed by atoms with E-state index in [0.29, 0.717) is 34.6 Å². The smallest absolute Gasteiger partial charge is 0.346 e. The summed E-state index contributed by atoms with van der Waals surface area (Å²) in [6.07, 6.45) is 3.53. The first-order valence-corrected chi connectivity index (χ1v) is 14.7. The van der Waals surface area contributed by atoms with Crippen LogP contribution in [0.1, 0.15) is 30.9 Å². The molecule has 0 aliphatic heterocycles. The van der Waals surface area contributed by atoms with Crippen LogP contribution in [-0.2, 0) is 21.0 Å². The zero-order valence-electron chi connectivity index (χ0n) is 23.8. The van der Waals surface area contributed by atoms with Gasteiger partial charge in [0, 0.05) is 22.3 Å². The van der Waals surface area contributed by atoms with Crippen molar-refractivity contribution >= 4 is 39.1 Å². The molecule has 0 atom stereocenters. The number of thiazole rings is 1. The molecule has 0 radical (unpaired) electrons. The number of methoxy groups -OCH3 is 2. The molecule has 42 heavy (non-hydrogen) atoms. The molecule has 0 aliphatic carbocycles. The number of rotatable bonds is 11. The summed E-state index contributed by atoms with van der Waals surface area (Å²) in [7, 11) is 3.19. The molecule has 2 aromatic heterocycles. The molecular formula is C32H30ClN3O5S. The number of ether oxygens (including phenoxy) is 2. The number of carbonyl (C=O) groups is 1. The monoisotopic (exact) mass is 603 g/mol. The maximum absolute atomic E-state index is 12.8. The lowest BCUT2D eigenvalue weighted by Crippen LogP contribution is -2.11. The van der Waals surface area contributed by atoms with E-state index in [1.54, 1.807) is 20.4 Å². The number of halogens is 1. The summed E-state index contributed by atoms with van der Waals surface area (Å²) in [6.45, 7) is 4.38. The molecule has 0 unspecified atom stereocenters. The Morgan fingerprint density at radius 3 is 2.45 bits per heavy atom. The van der Waals surface area contributed by atoms with Crippen LogP contribution >= 0.6 is 22.9 Å². The Labute approximate surface area is 253 Å². The average molecular weight is 604 g/mol. The Morgan fingerprint density at radius 1 is 0.952 bits per heavy atom. The molecular weight excluding hydrogens is 574 g/mol. The minimum Gasteiger partial charge on any atom is -0.493 e. The number of unbranched alkanes of at least 4 members (excludes halogenated alkanes) is 1. The fourth-order valence-electron chi connectivity index (χ4n) is 4.57. The van der Waals surface area contributed by atoms with Crippen LogP contribution in [0.15, 0.2) is 60.8 Å². The average Bonchev–Trinajstić information content (AvgIpc) is 3.43. The van der Waals surface area contributed by atoms with Crippen molar-refractivity contribution in [2.75, 3.05) is 20.8 Å². The van der Waals surface area contributed by atoms with Crippen molar-refractivity contribution in [1.29, 1.82) is 0 Å². The predicted octanol–water partition coefficient (Wildman–Crippen LogP) is 7.88. The van der Waals surface area contributed by atoms with Gasteiger partial charge in [0.1, 0.15) is 10.7 Å². The van der Waals surface area contributed by atoms with E-state index in [2.05, 4.69) is 4.98 Å². The van der Waals surface area contributed by atoms with Crippen LogP contribution in [0.2, 0.25) is 5.02 Å². The van der Waals surface area contributed by atoms with Gasteiger partial charge in [0.15, 0.2) is 17.3 Å². The van der Waals surface area contributed by atoms with Crippen molar-refractivity contribution in [3.8, 4) is 44.7 Å². The number of hydrogen-bond donors (Lipinski definition) is 0. The van der Waals surface area contributed by atoms with Crippen LogP contribution in [0.25, 0.3) is 43.4 Å². The normalized spacial score (nSPS) is 11.1. The van der Waals surface area contributed by atoms with Crippen molar-refractivity contribution in [2.24, 2.45) is 0 Å². The standard InChI is InChI=1S/C32H30ClN3O5S/c1-5-6-15-40-41-28(37)18-23-19(2)16-25-30(29(23)20-7-10-22(33)11-8-20)42-32(36-25)24-13-14-34-31(35-24)21-9-12-26(38-3)27(17-21)39-4/h7-14,16-17H,5-6,15,18H2,1-4H3. The molecule has 0 aliphatic rings. The molecule has 0 amide bonds. The summed E-state index contributed by atoms with van der Waals surface area (Å²) >= 11 is 7.72. The van der Waals surface area contributed by atoms with Gasteiger partial charge in [-0.15, -0.1) is 11.3 Å². The highest BCUT2D eigenvalue weighted by atomic mass is 35.5. The Hall–Kier alpha value is -4.05. The Bertz CT molecular complexity index is 1720. The van der Waals surface area contributed by atoms with E-state index in [4.69, 9.17) is 40.8 Å². The van der Waals surface area contributed by atoms with Gasteiger partial charge < -0.3 is 9.47 Å². The predicted molar refractivity (Wildman–Crippen MR) is 165 cm³/mol. The molecule has 5 rings (SSSR count). The van der Waals surface area contributed by atoms with E-state index in [-0.39, 0.29) is 6.42 Å². The SMILES string of the molecule is CCCCOOC(=O)Cc1c(C)cc2nc(-c3ccnc(-c4ccc(OC)c(OC)c4)n3)sc2c1-c1ccc(Cl)cc1. The van der Waals surface area contributed by atoms with Gasteiger partial charge in [-0.3, -0.25) is 4.89 Å². The molecule has 216 valence electrons. The highest BCUT2D eigenvalue weighted by molar-refractivity contribution is 7.22. The van der Waals surface area contributed by atoms with E-state index in [0.717, 1.165) is 55.9 Å². The second kappa shape index (κ2) is 13.3. The van der Waals surface area contributed by atoms with Crippen LogP contribution in [0, 0.1) is 6.92 Å². The van der Waals surface area contributed by atoms with Crippen LogP contribution in [0.5, 0.6) is 11.5 Å². The highest BCUT2D eigenvalue weighted by Crippen LogP contribution is 2.41. The van der Waals surface area contributed by atoms with Crippen molar-refractivity contribution in [3.05, 3.63) is 76.9 Å². The van der Waals surface area contributed by atoms with Crippen LogP contribution < -0.4 is 9.47 Å². The van der Waals surface area contributed by atoms with E-state index in [1.807, 2.05) is 68.4 Å². The Balaban J connectivity index is 1.57. The van der Waals surface area contributed by atoms with Gasteiger partial charge in [0.25, 0.3) is 0 Å².